The summed E-state index contributed by atoms with van der Waals surface area (Å²) in [6.07, 6.45) is 6.75. The highest BCUT2D eigenvalue weighted by Gasteiger charge is 2.44. The molecule has 1 aromatic rings. The average molecular weight is 233 g/mol. The molecule has 0 N–H and O–H groups in total. The van der Waals surface area contributed by atoms with Gasteiger partial charge in [-0.15, -0.1) is 0 Å². The molecule has 2 aliphatic heterocycles. The lowest BCUT2D eigenvalue weighted by Crippen LogP contribution is -2.43. The number of rotatable bonds is 3. The standard InChI is InChI=1S/C13H19N3O/c1-11-8-12(15-10-14-11)17-9-13-4-2-6-16(13)7-3-5-13/h8,10H,2-7,9H2,1H3. The molecule has 3 heterocycles. The highest BCUT2D eigenvalue weighted by molar-refractivity contribution is 5.13. The number of hydrogen-bond acceptors (Lipinski definition) is 4. The Hall–Kier alpha value is -1.16. The van der Waals surface area contributed by atoms with E-state index in [4.69, 9.17) is 4.74 Å². The molecule has 3 rings (SSSR count). The predicted molar refractivity (Wildman–Crippen MR) is 65.0 cm³/mol. The van der Waals surface area contributed by atoms with Gasteiger partial charge in [0.15, 0.2) is 0 Å². The van der Waals surface area contributed by atoms with Crippen LogP contribution in [0.15, 0.2) is 12.4 Å². The summed E-state index contributed by atoms with van der Waals surface area (Å²) < 4.78 is 5.88. The molecule has 1 aromatic heterocycles. The molecule has 2 saturated heterocycles. The van der Waals surface area contributed by atoms with E-state index in [0.29, 0.717) is 11.4 Å². The average Bonchev–Trinajstić information content (AvgIpc) is 2.85. The summed E-state index contributed by atoms with van der Waals surface area (Å²) in [6.45, 7) is 5.23. The lowest BCUT2D eigenvalue weighted by Gasteiger charge is -2.31. The van der Waals surface area contributed by atoms with Gasteiger partial charge < -0.3 is 4.74 Å². The molecule has 0 radical (unpaired) electrons. The van der Waals surface area contributed by atoms with Crippen LogP contribution in [-0.2, 0) is 0 Å². The zero-order chi connectivity index (χ0) is 11.7. The summed E-state index contributed by atoms with van der Waals surface area (Å²) in [6, 6.07) is 1.91. The van der Waals surface area contributed by atoms with Crippen LogP contribution in [0.4, 0.5) is 0 Å². The molecule has 4 nitrogen and oxygen atoms in total. The minimum Gasteiger partial charge on any atom is -0.476 e. The molecule has 0 atom stereocenters. The van der Waals surface area contributed by atoms with E-state index in [0.717, 1.165) is 12.3 Å². The second-order valence-electron chi connectivity index (χ2n) is 5.20. The molecule has 0 aromatic carbocycles. The topological polar surface area (TPSA) is 38.2 Å². The van der Waals surface area contributed by atoms with Gasteiger partial charge in [0.1, 0.15) is 12.9 Å². The van der Waals surface area contributed by atoms with Gasteiger partial charge in [0.05, 0.1) is 5.54 Å². The van der Waals surface area contributed by atoms with Crippen molar-refractivity contribution in [2.24, 2.45) is 0 Å². The van der Waals surface area contributed by atoms with Crippen LogP contribution in [-0.4, -0.2) is 40.1 Å². The molecule has 0 saturated carbocycles. The van der Waals surface area contributed by atoms with E-state index >= 15 is 0 Å². The van der Waals surface area contributed by atoms with Crippen molar-refractivity contribution in [2.45, 2.75) is 38.1 Å². The summed E-state index contributed by atoms with van der Waals surface area (Å²) in [5.74, 6) is 0.714. The Bertz CT molecular complexity index is 397. The SMILES string of the molecule is Cc1cc(OCC23CCCN2CCC3)ncn1. The van der Waals surface area contributed by atoms with Crippen molar-refractivity contribution in [3.05, 3.63) is 18.1 Å². The van der Waals surface area contributed by atoms with Crippen LogP contribution in [0.5, 0.6) is 5.88 Å². The van der Waals surface area contributed by atoms with Crippen LogP contribution in [0.3, 0.4) is 0 Å². The molecule has 2 fully saturated rings. The highest BCUT2D eigenvalue weighted by Crippen LogP contribution is 2.38. The van der Waals surface area contributed by atoms with Crippen molar-refractivity contribution in [3.8, 4) is 5.88 Å². The van der Waals surface area contributed by atoms with Gasteiger partial charge in [0, 0.05) is 11.8 Å². The molecule has 4 heteroatoms. The lowest BCUT2D eigenvalue weighted by atomic mass is 9.95. The van der Waals surface area contributed by atoms with Crippen LogP contribution < -0.4 is 4.74 Å². The molecule has 0 bridgehead atoms. The van der Waals surface area contributed by atoms with Crippen LogP contribution in [0.25, 0.3) is 0 Å². The third-order valence-electron chi connectivity index (χ3n) is 4.08. The molecule has 0 amide bonds. The van der Waals surface area contributed by atoms with Crippen molar-refractivity contribution in [1.29, 1.82) is 0 Å². The second-order valence-corrected chi connectivity index (χ2v) is 5.20. The first-order valence-corrected chi connectivity index (χ1v) is 6.45. The van der Waals surface area contributed by atoms with Crippen molar-refractivity contribution >= 4 is 0 Å². The van der Waals surface area contributed by atoms with Gasteiger partial charge in [-0.3, -0.25) is 4.90 Å². The number of hydrogen-bond donors (Lipinski definition) is 0. The Morgan fingerprint density at radius 2 is 2.06 bits per heavy atom. The van der Waals surface area contributed by atoms with Crippen LogP contribution in [0.2, 0.25) is 0 Å². The minimum absolute atomic E-state index is 0.304. The third kappa shape index (κ3) is 2.02. The summed E-state index contributed by atoms with van der Waals surface area (Å²) >= 11 is 0. The number of aromatic nitrogens is 2. The molecule has 92 valence electrons. The molecule has 17 heavy (non-hydrogen) atoms. The summed E-state index contributed by atoms with van der Waals surface area (Å²) in [5.41, 5.74) is 1.26. The molecular weight excluding hydrogens is 214 g/mol. The molecule has 0 spiro atoms. The Morgan fingerprint density at radius 1 is 1.29 bits per heavy atom. The van der Waals surface area contributed by atoms with E-state index in [9.17, 15) is 0 Å². The maximum atomic E-state index is 5.88. The fourth-order valence-corrected chi connectivity index (χ4v) is 3.18. The zero-order valence-corrected chi connectivity index (χ0v) is 10.4. The van der Waals surface area contributed by atoms with E-state index < -0.39 is 0 Å². The minimum atomic E-state index is 0.304. The van der Waals surface area contributed by atoms with E-state index in [1.807, 2.05) is 13.0 Å². The number of ether oxygens (including phenoxy) is 1. The van der Waals surface area contributed by atoms with Gasteiger partial charge in [-0.2, -0.15) is 0 Å². The van der Waals surface area contributed by atoms with Crippen LogP contribution in [0, 0.1) is 6.92 Å². The fraction of sp³-hybridized carbons (Fsp3) is 0.692. The van der Waals surface area contributed by atoms with Crippen LogP contribution in [0.1, 0.15) is 31.4 Å². The largest absolute Gasteiger partial charge is 0.476 e. The Labute approximate surface area is 102 Å². The first kappa shape index (κ1) is 11.0. The quantitative estimate of drug-likeness (QED) is 0.798. The zero-order valence-electron chi connectivity index (χ0n) is 10.4. The molecule has 0 aliphatic carbocycles. The monoisotopic (exact) mass is 233 g/mol. The second kappa shape index (κ2) is 4.26. The molecule has 0 unspecified atom stereocenters. The maximum Gasteiger partial charge on any atom is 0.216 e. The van der Waals surface area contributed by atoms with Gasteiger partial charge in [0.25, 0.3) is 0 Å². The van der Waals surface area contributed by atoms with Crippen molar-refractivity contribution in [3.63, 3.8) is 0 Å². The van der Waals surface area contributed by atoms with Crippen molar-refractivity contribution < 1.29 is 4.74 Å². The molecular formula is C13H19N3O. The van der Waals surface area contributed by atoms with E-state index in [2.05, 4.69) is 14.9 Å². The highest BCUT2D eigenvalue weighted by atomic mass is 16.5. The van der Waals surface area contributed by atoms with Crippen molar-refractivity contribution in [2.75, 3.05) is 19.7 Å². The van der Waals surface area contributed by atoms with Crippen LogP contribution >= 0.6 is 0 Å². The van der Waals surface area contributed by atoms with Gasteiger partial charge in [0.2, 0.25) is 5.88 Å². The number of fused-ring (bicyclic) bond motifs is 1. The first-order valence-electron chi connectivity index (χ1n) is 6.45. The first-order chi connectivity index (χ1) is 8.28. The summed E-state index contributed by atoms with van der Waals surface area (Å²) in [7, 11) is 0. The Morgan fingerprint density at radius 3 is 2.76 bits per heavy atom. The van der Waals surface area contributed by atoms with Gasteiger partial charge in [-0.25, -0.2) is 9.97 Å². The van der Waals surface area contributed by atoms with E-state index in [1.165, 1.54) is 38.8 Å². The van der Waals surface area contributed by atoms with Gasteiger partial charge in [-0.05, 0) is 45.7 Å². The predicted octanol–water partition coefficient (Wildman–Crippen LogP) is 1.79. The smallest absolute Gasteiger partial charge is 0.216 e. The van der Waals surface area contributed by atoms with E-state index in [1.54, 1.807) is 6.33 Å². The molecule has 2 aliphatic rings. The Kier molecular flexibility index (Phi) is 2.74. The van der Waals surface area contributed by atoms with E-state index in [-0.39, 0.29) is 0 Å². The summed E-state index contributed by atoms with van der Waals surface area (Å²) in [4.78, 5) is 10.8. The Balaban J connectivity index is 1.67. The number of nitrogens with zero attached hydrogens (tertiary/aromatic N) is 3. The lowest BCUT2D eigenvalue weighted by molar-refractivity contribution is 0.110. The fourth-order valence-electron chi connectivity index (χ4n) is 3.18. The summed E-state index contributed by atoms with van der Waals surface area (Å²) in [5, 5.41) is 0. The maximum absolute atomic E-state index is 5.88. The van der Waals surface area contributed by atoms with Crippen molar-refractivity contribution in [1.82, 2.24) is 14.9 Å². The van der Waals surface area contributed by atoms with Gasteiger partial charge >= 0.3 is 0 Å². The van der Waals surface area contributed by atoms with Gasteiger partial charge in [-0.1, -0.05) is 0 Å². The number of aryl methyl sites for hydroxylation is 1. The third-order valence-corrected chi connectivity index (χ3v) is 4.08. The normalized spacial score (nSPS) is 22.6.